The summed E-state index contributed by atoms with van der Waals surface area (Å²) in [6, 6.07) is 44.1. The fraction of sp³-hybridized carbons (Fsp3) is 0.200. The molecular formula is C30H34O2Si2. The van der Waals surface area contributed by atoms with Gasteiger partial charge >= 0.3 is 8.56 Å². The zero-order chi connectivity index (χ0) is 23.7. The highest BCUT2D eigenvalue weighted by atomic mass is 28.4. The van der Waals surface area contributed by atoms with Gasteiger partial charge in [0.1, 0.15) is 0 Å². The smallest absolute Gasteiger partial charge is 0.397 e. The van der Waals surface area contributed by atoms with Crippen LogP contribution in [0.15, 0.2) is 121 Å². The number of rotatable bonds is 11. The lowest BCUT2D eigenvalue weighted by atomic mass is 10.4. The zero-order valence-corrected chi connectivity index (χ0v) is 22.2. The Hall–Kier alpha value is -2.77. The van der Waals surface area contributed by atoms with Crippen molar-refractivity contribution in [2.24, 2.45) is 0 Å². The molecule has 0 heterocycles. The van der Waals surface area contributed by atoms with Gasteiger partial charge in [-0.25, -0.2) is 0 Å². The summed E-state index contributed by atoms with van der Waals surface area (Å²) in [6.07, 6.45) is 2.23. The molecule has 0 saturated heterocycles. The van der Waals surface area contributed by atoms with Gasteiger partial charge in [0, 0.05) is 6.61 Å². The van der Waals surface area contributed by atoms with E-state index in [2.05, 4.69) is 135 Å². The standard InChI is InChI=1S/C30H34O2Si2/c1-3-5-26-33(27-18-10-6-11-19-27,28-20-12-7-13-21-28)32-34(31-4-2,29-22-14-8-15-23-29)30-24-16-9-17-25-30/h6-25H,3-5,26H2,1-2H3. The van der Waals surface area contributed by atoms with E-state index in [4.69, 9.17) is 8.54 Å². The number of hydrogen-bond acceptors (Lipinski definition) is 2. The molecule has 174 valence electrons. The van der Waals surface area contributed by atoms with Crippen LogP contribution in [0.5, 0.6) is 0 Å². The van der Waals surface area contributed by atoms with Gasteiger partial charge in [-0.3, -0.25) is 0 Å². The van der Waals surface area contributed by atoms with Crippen LogP contribution >= 0.6 is 0 Å². The van der Waals surface area contributed by atoms with Gasteiger partial charge in [0.2, 0.25) is 8.32 Å². The van der Waals surface area contributed by atoms with Crippen LogP contribution < -0.4 is 20.7 Å². The normalized spacial score (nSPS) is 11.9. The van der Waals surface area contributed by atoms with Gasteiger partial charge in [-0.1, -0.05) is 141 Å². The first-order valence-corrected chi connectivity index (χ1v) is 16.2. The fourth-order valence-corrected chi connectivity index (χ4v) is 14.8. The molecule has 0 aliphatic carbocycles. The Kier molecular flexibility index (Phi) is 8.30. The Morgan fingerprint density at radius 3 is 1.26 bits per heavy atom. The topological polar surface area (TPSA) is 18.5 Å². The minimum Gasteiger partial charge on any atom is -0.421 e. The third-order valence-corrected chi connectivity index (χ3v) is 15.4. The molecule has 0 radical (unpaired) electrons. The zero-order valence-electron chi connectivity index (χ0n) is 20.2. The maximum Gasteiger partial charge on any atom is 0.397 e. The molecule has 0 bridgehead atoms. The van der Waals surface area contributed by atoms with Gasteiger partial charge in [0.05, 0.1) is 0 Å². The van der Waals surface area contributed by atoms with E-state index < -0.39 is 16.9 Å². The van der Waals surface area contributed by atoms with E-state index in [-0.39, 0.29) is 0 Å². The van der Waals surface area contributed by atoms with Crippen LogP contribution in [0.3, 0.4) is 0 Å². The van der Waals surface area contributed by atoms with Crippen molar-refractivity contribution in [3.63, 3.8) is 0 Å². The Balaban J connectivity index is 2.01. The third kappa shape index (κ3) is 5.01. The Bertz CT molecular complexity index is 1040. The average molecular weight is 483 g/mol. The van der Waals surface area contributed by atoms with Gasteiger partial charge in [-0.15, -0.1) is 0 Å². The lowest BCUT2D eigenvalue weighted by Crippen LogP contribution is -2.74. The second-order valence-corrected chi connectivity index (χ2v) is 15.3. The van der Waals surface area contributed by atoms with E-state index in [0.717, 1.165) is 29.3 Å². The lowest BCUT2D eigenvalue weighted by molar-refractivity contribution is 0.276. The quantitative estimate of drug-likeness (QED) is 0.284. The molecule has 4 aromatic carbocycles. The molecule has 0 atom stereocenters. The summed E-state index contributed by atoms with van der Waals surface area (Å²) in [5.74, 6) is 0. The SMILES string of the molecule is CCCC[Si](O[Si](OCC)(c1ccccc1)c1ccccc1)(c1ccccc1)c1ccccc1. The van der Waals surface area contributed by atoms with E-state index in [1.807, 2.05) is 0 Å². The highest BCUT2D eigenvalue weighted by molar-refractivity contribution is 7.07. The van der Waals surface area contributed by atoms with Gasteiger partial charge in [0.15, 0.2) is 0 Å². The Morgan fingerprint density at radius 1 is 0.529 bits per heavy atom. The predicted molar refractivity (Wildman–Crippen MR) is 148 cm³/mol. The van der Waals surface area contributed by atoms with Crippen molar-refractivity contribution in [1.29, 1.82) is 0 Å². The van der Waals surface area contributed by atoms with Gasteiger partial charge in [-0.05, 0) is 33.7 Å². The van der Waals surface area contributed by atoms with Crippen LogP contribution in [0.2, 0.25) is 6.04 Å². The molecule has 4 aromatic rings. The van der Waals surface area contributed by atoms with Crippen LogP contribution in [0, 0.1) is 0 Å². The van der Waals surface area contributed by atoms with E-state index in [1.54, 1.807) is 0 Å². The molecule has 0 unspecified atom stereocenters. The molecule has 0 N–H and O–H groups in total. The summed E-state index contributed by atoms with van der Waals surface area (Å²) < 4.78 is 14.6. The van der Waals surface area contributed by atoms with E-state index in [9.17, 15) is 0 Å². The maximum absolute atomic E-state index is 7.77. The van der Waals surface area contributed by atoms with Crippen molar-refractivity contribution in [2.45, 2.75) is 32.7 Å². The van der Waals surface area contributed by atoms with Crippen molar-refractivity contribution in [3.8, 4) is 0 Å². The molecule has 2 nitrogen and oxygen atoms in total. The van der Waals surface area contributed by atoms with E-state index in [1.165, 1.54) is 10.4 Å². The first-order valence-electron chi connectivity index (χ1n) is 12.3. The summed E-state index contributed by atoms with van der Waals surface area (Å²) in [7, 11) is -5.71. The van der Waals surface area contributed by atoms with Crippen molar-refractivity contribution in [2.75, 3.05) is 6.61 Å². The Labute approximate surface area is 206 Å². The Morgan fingerprint density at radius 2 is 0.912 bits per heavy atom. The summed E-state index contributed by atoms with van der Waals surface area (Å²) in [4.78, 5) is 0. The maximum atomic E-state index is 7.77. The van der Waals surface area contributed by atoms with Crippen molar-refractivity contribution in [3.05, 3.63) is 121 Å². The average Bonchev–Trinajstić information content (AvgIpc) is 2.92. The largest absolute Gasteiger partial charge is 0.421 e. The first kappa shape index (κ1) is 24.4. The molecule has 34 heavy (non-hydrogen) atoms. The van der Waals surface area contributed by atoms with E-state index in [0.29, 0.717) is 6.61 Å². The van der Waals surface area contributed by atoms with Gasteiger partial charge in [-0.2, -0.15) is 0 Å². The molecule has 4 rings (SSSR count). The summed E-state index contributed by atoms with van der Waals surface area (Å²) >= 11 is 0. The number of hydrogen-bond donors (Lipinski definition) is 0. The van der Waals surface area contributed by atoms with Gasteiger partial charge in [0.25, 0.3) is 0 Å². The van der Waals surface area contributed by atoms with Gasteiger partial charge < -0.3 is 8.54 Å². The summed E-state index contributed by atoms with van der Waals surface area (Å²) in [5.41, 5.74) is 0. The highest BCUT2D eigenvalue weighted by Crippen LogP contribution is 2.23. The molecule has 0 fully saturated rings. The van der Waals surface area contributed by atoms with Crippen LogP contribution in [0.1, 0.15) is 26.7 Å². The number of unbranched alkanes of at least 4 members (excludes halogenated alkanes) is 1. The monoisotopic (exact) mass is 482 g/mol. The highest BCUT2D eigenvalue weighted by Gasteiger charge is 2.52. The molecule has 0 amide bonds. The first-order chi connectivity index (χ1) is 16.7. The molecule has 0 aromatic heterocycles. The van der Waals surface area contributed by atoms with Crippen LogP contribution in [-0.2, 0) is 8.54 Å². The lowest BCUT2D eigenvalue weighted by Gasteiger charge is -2.42. The van der Waals surface area contributed by atoms with Crippen molar-refractivity contribution >= 4 is 37.6 Å². The number of benzene rings is 4. The minimum absolute atomic E-state index is 0.595. The van der Waals surface area contributed by atoms with Crippen LogP contribution in [-0.4, -0.2) is 23.5 Å². The van der Waals surface area contributed by atoms with Crippen LogP contribution in [0.4, 0.5) is 0 Å². The second-order valence-electron chi connectivity index (χ2n) is 8.55. The molecular weight excluding hydrogens is 449 g/mol. The fourth-order valence-electron chi connectivity index (χ4n) is 4.71. The van der Waals surface area contributed by atoms with Crippen molar-refractivity contribution < 1.29 is 8.54 Å². The van der Waals surface area contributed by atoms with Crippen molar-refractivity contribution in [1.82, 2.24) is 0 Å². The molecule has 0 aliphatic heterocycles. The molecule has 0 saturated carbocycles. The molecule has 0 spiro atoms. The summed E-state index contributed by atoms with van der Waals surface area (Å²) in [5, 5.41) is 4.92. The predicted octanol–water partition coefficient (Wildman–Crippen LogP) is 4.86. The summed E-state index contributed by atoms with van der Waals surface area (Å²) in [6.45, 7) is 4.94. The molecule has 4 heteroatoms. The third-order valence-electron chi connectivity index (χ3n) is 6.34. The van der Waals surface area contributed by atoms with E-state index >= 15 is 0 Å². The van der Waals surface area contributed by atoms with Crippen LogP contribution in [0.25, 0.3) is 0 Å². The second kappa shape index (κ2) is 11.6. The minimum atomic E-state index is -3.04. The molecule has 0 aliphatic rings.